The molecule has 0 amide bonds. The van der Waals surface area contributed by atoms with Gasteiger partial charge in [0.25, 0.3) is 5.91 Å². The second-order valence-electron chi connectivity index (χ2n) is 7.13. The third-order valence-electron chi connectivity index (χ3n) is 5.73. The first-order valence-electron chi connectivity index (χ1n) is 9.55. The van der Waals surface area contributed by atoms with Gasteiger partial charge in [-0.15, -0.1) is 0 Å². The largest absolute Gasteiger partial charge is 0.496 e. The maximum absolute atomic E-state index is 13.4. The van der Waals surface area contributed by atoms with Crippen molar-refractivity contribution in [3.63, 3.8) is 0 Å². The molecule has 1 saturated heterocycles. The van der Waals surface area contributed by atoms with Crippen molar-refractivity contribution in [1.29, 1.82) is 0 Å². The Morgan fingerprint density at radius 1 is 0.897 bits per heavy atom. The number of ketones is 1. The number of carbonyl (C=O) groups excluding carboxylic acids is 1. The Balaban J connectivity index is 1.81. The second-order valence-corrected chi connectivity index (χ2v) is 7.13. The lowest BCUT2D eigenvalue weighted by molar-refractivity contribution is -0.215. The minimum Gasteiger partial charge on any atom is -0.496 e. The number of hydrogen-bond acceptors (Lipinski definition) is 5. The van der Waals surface area contributed by atoms with Crippen LogP contribution in [0.15, 0.2) is 78.9 Å². The number of methoxy groups -OCH3 is 2. The molecule has 3 aromatic rings. The van der Waals surface area contributed by atoms with Gasteiger partial charge in [-0.05, 0) is 18.2 Å². The summed E-state index contributed by atoms with van der Waals surface area (Å²) in [7, 11) is 3.25. The van der Waals surface area contributed by atoms with Crippen LogP contribution in [-0.2, 0) is 15.4 Å². The van der Waals surface area contributed by atoms with Crippen molar-refractivity contribution < 1.29 is 19.0 Å². The molecule has 3 aromatic carbocycles. The summed E-state index contributed by atoms with van der Waals surface area (Å²) in [5.41, 5.74) is 3.12. The van der Waals surface area contributed by atoms with Crippen LogP contribution in [-0.4, -0.2) is 26.1 Å². The first-order valence-corrected chi connectivity index (χ1v) is 9.55. The molecule has 0 spiro atoms. The number of nitrogens with zero attached hydrogens (tertiary/aromatic N) is 1. The molecule has 1 fully saturated rings. The Hall–Kier alpha value is -3.15. The van der Waals surface area contributed by atoms with E-state index in [1.807, 2.05) is 78.9 Å². The molecule has 146 valence electrons. The Morgan fingerprint density at radius 3 is 2.34 bits per heavy atom. The highest BCUT2D eigenvalue weighted by Gasteiger charge is 2.62. The average Bonchev–Trinajstić information content (AvgIpc) is 3.11. The van der Waals surface area contributed by atoms with Gasteiger partial charge in [0.2, 0.25) is 0 Å². The molecule has 29 heavy (non-hydrogen) atoms. The van der Waals surface area contributed by atoms with Crippen molar-refractivity contribution in [2.75, 3.05) is 19.1 Å². The number of ether oxygens (including phenoxy) is 3. The summed E-state index contributed by atoms with van der Waals surface area (Å²) < 4.78 is 18.1. The van der Waals surface area contributed by atoms with E-state index in [1.165, 1.54) is 0 Å². The number of fused-ring (bicyclic) bond motifs is 4. The maximum Gasteiger partial charge on any atom is 0.282 e. The molecule has 0 aliphatic carbocycles. The van der Waals surface area contributed by atoms with Gasteiger partial charge in [0.05, 0.1) is 13.2 Å². The third kappa shape index (κ3) is 2.44. The molecule has 3 atom stereocenters. The molecule has 2 bridgehead atoms. The highest BCUT2D eigenvalue weighted by atomic mass is 16.7. The van der Waals surface area contributed by atoms with E-state index < -0.39 is 18.1 Å². The van der Waals surface area contributed by atoms with Gasteiger partial charge in [0, 0.05) is 29.5 Å². The maximum atomic E-state index is 13.4. The molecular weight excluding hydrogens is 366 g/mol. The van der Waals surface area contributed by atoms with E-state index in [0.29, 0.717) is 16.9 Å². The van der Waals surface area contributed by atoms with Gasteiger partial charge < -0.3 is 19.1 Å². The van der Waals surface area contributed by atoms with Crippen molar-refractivity contribution in [2.24, 2.45) is 0 Å². The van der Waals surface area contributed by atoms with Crippen LogP contribution in [0.25, 0.3) is 0 Å². The lowest BCUT2D eigenvalue weighted by Gasteiger charge is -2.40. The normalized spacial score (nSPS) is 25.0. The highest BCUT2D eigenvalue weighted by Crippen LogP contribution is 2.55. The molecule has 0 radical (unpaired) electrons. The smallest absolute Gasteiger partial charge is 0.282 e. The summed E-state index contributed by atoms with van der Waals surface area (Å²) in [6.45, 7) is 0. The van der Waals surface area contributed by atoms with E-state index in [4.69, 9.17) is 14.2 Å². The Bertz CT molecular complexity index is 1070. The molecule has 0 aromatic heterocycles. The molecule has 2 heterocycles. The SMILES string of the molecule is COc1ccccc1[C@H]1[C@H]2O[C@](OC)(c3ccccc3C2=O)N1c1ccccc1. The van der Waals surface area contributed by atoms with E-state index in [0.717, 1.165) is 11.3 Å². The first kappa shape index (κ1) is 17.9. The van der Waals surface area contributed by atoms with Gasteiger partial charge in [0.15, 0.2) is 11.9 Å². The summed E-state index contributed by atoms with van der Waals surface area (Å²) in [5, 5.41) is 0. The Morgan fingerprint density at radius 2 is 1.59 bits per heavy atom. The van der Waals surface area contributed by atoms with Crippen LogP contribution in [0.1, 0.15) is 27.5 Å². The van der Waals surface area contributed by atoms with Crippen LogP contribution >= 0.6 is 0 Å². The number of benzene rings is 3. The van der Waals surface area contributed by atoms with Crippen LogP contribution < -0.4 is 9.64 Å². The molecule has 2 aliphatic rings. The van der Waals surface area contributed by atoms with Crippen LogP contribution in [0.3, 0.4) is 0 Å². The Kier molecular flexibility index (Phi) is 4.15. The van der Waals surface area contributed by atoms with Gasteiger partial charge in [-0.3, -0.25) is 4.79 Å². The van der Waals surface area contributed by atoms with Crippen LogP contribution in [0.4, 0.5) is 5.69 Å². The number of Topliss-reactive ketones (excluding diaryl/α,β-unsaturated/α-hetero) is 1. The third-order valence-corrected chi connectivity index (χ3v) is 5.73. The zero-order valence-electron chi connectivity index (χ0n) is 16.2. The summed E-state index contributed by atoms with van der Waals surface area (Å²) in [6, 6.07) is 24.7. The van der Waals surface area contributed by atoms with E-state index in [2.05, 4.69) is 4.90 Å². The van der Waals surface area contributed by atoms with Crippen molar-refractivity contribution in [2.45, 2.75) is 18.1 Å². The van der Waals surface area contributed by atoms with Gasteiger partial charge in [-0.25, -0.2) is 0 Å². The van der Waals surface area contributed by atoms with Crippen LogP contribution in [0.2, 0.25) is 0 Å². The molecule has 5 nitrogen and oxygen atoms in total. The fraction of sp³-hybridized carbons (Fsp3) is 0.208. The topological polar surface area (TPSA) is 48.0 Å². The predicted octanol–water partition coefficient (Wildman–Crippen LogP) is 4.29. The summed E-state index contributed by atoms with van der Waals surface area (Å²) >= 11 is 0. The fourth-order valence-corrected chi connectivity index (χ4v) is 4.52. The molecule has 0 saturated carbocycles. The van der Waals surface area contributed by atoms with E-state index in [9.17, 15) is 4.79 Å². The minimum absolute atomic E-state index is 0.0531. The summed E-state index contributed by atoms with van der Waals surface area (Å²) in [5.74, 6) is -0.553. The Labute approximate surface area is 169 Å². The van der Waals surface area contributed by atoms with Gasteiger partial charge in [-0.1, -0.05) is 60.7 Å². The number of carbonyl (C=O) groups is 1. The molecule has 2 aliphatic heterocycles. The molecular formula is C24H21NO4. The standard InChI is InChI=1S/C24H21NO4/c1-27-20-15-9-7-13-18(20)21-23-22(26)17-12-6-8-14-19(17)24(28-2,29-23)25(21)16-10-4-3-5-11-16/h3-15,21,23H,1-2H3/t21-,23+,24+/m0/s1. The van der Waals surface area contributed by atoms with E-state index in [1.54, 1.807) is 14.2 Å². The van der Waals surface area contributed by atoms with Gasteiger partial charge in [-0.2, -0.15) is 0 Å². The number of rotatable bonds is 4. The predicted molar refractivity (Wildman–Crippen MR) is 109 cm³/mol. The molecule has 0 N–H and O–H groups in total. The van der Waals surface area contributed by atoms with Gasteiger partial charge >= 0.3 is 0 Å². The number of hydrogen-bond donors (Lipinski definition) is 0. The first-order chi connectivity index (χ1) is 14.2. The van der Waals surface area contributed by atoms with Crippen LogP contribution in [0, 0.1) is 0 Å². The fourth-order valence-electron chi connectivity index (χ4n) is 4.52. The zero-order valence-corrected chi connectivity index (χ0v) is 16.2. The quantitative estimate of drug-likeness (QED) is 0.668. The highest BCUT2D eigenvalue weighted by molar-refractivity contribution is 6.04. The average molecular weight is 387 g/mol. The lowest BCUT2D eigenvalue weighted by Crippen LogP contribution is -2.46. The molecule has 0 unspecified atom stereocenters. The number of anilines is 1. The van der Waals surface area contributed by atoms with Crippen LogP contribution in [0.5, 0.6) is 5.75 Å². The van der Waals surface area contributed by atoms with Crippen molar-refractivity contribution in [3.8, 4) is 5.75 Å². The van der Waals surface area contributed by atoms with E-state index >= 15 is 0 Å². The van der Waals surface area contributed by atoms with Gasteiger partial charge in [0.1, 0.15) is 5.75 Å². The zero-order chi connectivity index (χ0) is 20.0. The minimum atomic E-state index is -1.21. The molecule has 5 rings (SSSR count). The second kappa shape index (κ2) is 6.72. The molecule has 5 heteroatoms. The van der Waals surface area contributed by atoms with E-state index in [-0.39, 0.29) is 5.78 Å². The van der Waals surface area contributed by atoms with Crippen molar-refractivity contribution in [1.82, 2.24) is 0 Å². The number of para-hydroxylation sites is 2. The van der Waals surface area contributed by atoms with Crippen molar-refractivity contribution >= 4 is 11.5 Å². The monoisotopic (exact) mass is 387 g/mol. The lowest BCUT2D eigenvalue weighted by atomic mass is 9.92. The van der Waals surface area contributed by atoms with Crippen molar-refractivity contribution in [3.05, 3.63) is 95.6 Å². The summed E-state index contributed by atoms with van der Waals surface area (Å²) in [4.78, 5) is 15.5. The summed E-state index contributed by atoms with van der Waals surface area (Å²) in [6.07, 6.45) is -0.721.